The van der Waals surface area contributed by atoms with E-state index in [0.717, 1.165) is 25.9 Å². The Hall–Kier alpha value is -0.640. The minimum atomic E-state index is 0.403. The number of rotatable bonds is 5. The van der Waals surface area contributed by atoms with Crippen LogP contribution in [0.15, 0.2) is 12.1 Å². The summed E-state index contributed by atoms with van der Waals surface area (Å²) in [6, 6.07) is 3.27. The Labute approximate surface area is 117 Å². The van der Waals surface area contributed by atoms with Crippen molar-refractivity contribution < 1.29 is 9.47 Å². The lowest BCUT2D eigenvalue weighted by Gasteiger charge is -2.12. The summed E-state index contributed by atoms with van der Waals surface area (Å²) in [5.41, 5.74) is 6.32. The van der Waals surface area contributed by atoms with Gasteiger partial charge in [-0.15, -0.1) is 0 Å². The van der Waals surface area contributed by atoms with Crippen LogP contribution in [0.5, 0.6) is 5.75 Å². The zero-order valence-electron chi connectivity index (χ0n) is 10.1. The van der Waals surface area contributed by atoms with Crippen LogP contribution in [-0.2, 0) is 4.74 Å². The molecule has 0 aromatic heterocycles. The second kappa shape index (κ2) is 6.50. The van der Waals surface area contributed by atoms with Gasteiger partial charge in [0, 0.05) is 12.7 Å². The standard InChI is InChI=1S/C13H17Cl2NO2/c14-10-7-12(16)13(8-11(10)15)18-6-2-4-9-3-1-5-17-9/h7-9H,1-6,16H2. The fourth-order valence-electron chi connectivity index (χ4n) is 2.03. The molecule has 1 atom stereocenters. The molecule has 2 N–H and O–H groups in total. The van der Waals surface area contributed by atoms with Crippen LogP contribution >= 0.6 is 23.2 Å². The van der Waals surface area contributed by atoms with E-state index in [1.807, 2.05) is 0 Å². The Morgan fingerprint density at radius 2 is 2.11 bits per heavy atom. The third kappa shape index (κ3) is 3.67. The average molecular weight is 290 g/mol. The second-order valence-corrected chi connectivity index (χ2v) is 5.24. The number of hydrogen-bond donors (Lipinski definition) is 1. The minimum Gasteiger partial charge on any atom is -0.491 e. The quantitative estimate of drug-likeness (QED) is 0.660. The van der Waals surface area contributed by atoms with Gasteiger partial charge >= 0.3 is 0 Å². The molecule has 1 aromatic carbocycles. The first kappa shape index (κ1) is 13.8. The van der Waals surface area contributed by atoms with Crippen LogP contribution in [0.25, 0.3) is 0 Å². The lowest BCUT2D eigenvalue weighted by molar-refractivity contribution is 0.0982. The zero-order valence-corrected chi connectivity index (χ0v) is 11.6. The van der Waals surface area contributed by atoms with Crippen LogP contribution < -0.4 is 10.5 Å². The summed E-state index contributed by atoms with van der Waals surface area (Å²) in [4.78, 5) is 0. The smallest absolute Gasteiger partial charge is 0.143 e. The molecule has 0 bridgehead atoms. The molecule has 1 saturated heterocycles. The van der Waals surface area contributed by atoms with Crippen LogP contribution in [0.2, 0.25) is 10.0 Å². The van der Waals surface area contributed by atoms with Crippen molar-refractivity contribution >= 4 is 28.9 Å². The summed E-state index contributed by atoms with van der Waals surface area (Å²) in [5.74, 6) is 0.594. The van der Waals surface area contributed by atoms with E-state index in [1.165, 1.54) is 6.42 Å². The van der Waals surface area contributed by atoms with Crippen LogP contribution in [0.4, 0.5) is 5.69 Å². The molecule has 1 fully saturated rings. The molecular weight excluding hydrogens is 273 g/mol. The first-order valence-electron chi connectivity index (χ1n) is 6.16. The second-order valence-electron chi connectivity index (χ2n) is 4.43. The van der Waals surface area contributed by atoms with E-state index in [-0.39, 0.29) is 0 Å². The minimum absolute atomic E-state index is 0.403. The molecule has 1 unspecified atom stereocenters. The molecule has 0 radical (unpaired) electrons. The highest BCUT2D eigenvalue weighted by molar-refractivity contribution is 6.42. The van der Waals surface area contributed by atoms with Gasteiger partial charge in [-0.25, -0.2) is 0 Å². The summed E-state index contributed by atoms with van der Waals surface area (Å²) < 4.78 is 11.2. The maximum atomic E-state index is 5.91. The number of nitrogens with two attached hydrogens (primary N) is 1. The SMILES string of the molecule is Nc1cc(Cl)c(Cl)cc1OCCCC1CCCO1. The number of halogens is 2. The first-order chi connectivity index (χ1) is 8.66. The van der Waals surface area contributed by atoms with Crippen molar-refractivity contribution in [1.29, 1.82) is 0 Å². The fourth-order valence-corrected chi connectivity index (χ4v) is 2.36. The largest absolute Gasteiger partial charge is 0.491 e. The molecule has 0 aliphatic carbocycles. The highest BCUT2D eigenvalue weighted by Crippen LogP contribution is 2.32. The molecule has 1 heterocycles. The fraction of sp³-hybridized carbons (Fsp3) is 0.538. The summed E-state index contributed by atoms with van der Waals surface area (Å²) in [5, 5.41) is 0.904. The molecule has 2 rings (SSSR count). The molecule has 3 nitrogen and oxygen atoms in total. The number of benzene rings is 1. The van der Waals surface area contributed by atoms with E-state index < -0.39 is 0 Å². The van der Waals surface area contributed by atoms with Crippen LogP contribution in [0, 0.1) is 0 Å². The highest BCUT2D eigenvalue weighted by atomic mass is 35.5. The van der Waals surface area contributed by atoms with Gasteiger partial charge in [-0.05, 0) is 31.7 Å². The van der Waals surface area contributed by atoms with Gasteiger partial charge in [0.25, 0.3) is 0 Å². The Bertz CT molecular complexity index is 406. The Morgan fingerprint density at radius 1 is 1.33 bits per heavy atom. The topological polar surface area (TPSA) is 44.5 Å². The lowest BCUT2D eigenvalue weighted by Crippen LogP contribution is -2.08. The van der Waals surface area contributed by atoms with Crippen molar-refractivity contribution in [2.24, 2.45) is 0 Å². The maximum absolute atomic E-state index is 5.91. The molecule has 0 saturated carbocycles. The molecule has 18 heavy (non-hydrogen) atoms. The number of anilines is 1. The van der Waals surface area contributed by atoms with Crippen LogP contribution in [0.3, 0.4) is 0 Å². The first-order valence-corrected chi connectivity index (χ1v) is 6.91. The van der Waals surface area contributed by atoms with Crippen molar-refractivity contribution in [1.82, 2.24) is 0 Å². The average Bonchev–Trinajstić information content (AvgIpc) is 2.84. The van der Waals surface area contributed by atoms with Gasteiger partial charge in [0.1, 0.15) is 5.75 Å². The molecule has 100 valence electrons. The van der Waals surface area contributed by atoms with Crippen molar-refractivity contribution in [2.45, 2.75) is 31.8 Å². The third-order valence-corrected chi connectivity index (χ3v) is 3.73. The molecule has 1 aliphatic heterocycles. The van der Waals surface area contributed by atoms with E-state index in [0.29, 0.717) is 34.2 Å². The lowest BCUT2D eigenvalue weighted by atomic mass is 10.1. The zero-order chi connectivity index (χ0) is 13.0. The van der Waals surface area contributed by atoms with Crippen molar-refractivity contribution in [3.8, 4) is 5.75 Å². The normalized spacial score (nSPS) is 19.1. The predicted octanol–water partition coefficient (Wildman–Crippen LogP) is 3.91. The third-order valence-electron chi connectivity index (χ3n) is 3.00. The Morgan fingerprint density at radius 3 is 2.83 bits per heavy atom. The van der Waals surface area contributed by atoms with Gasteiger partial charge in [-0.2, -0.15) is 0 Å². The van der Waals surface area contributed by atoms with Crippen LogP contribution in [0.1, 0.15) is 25.7 Å². The van der Waals surface area contributed by atoms with E-state index in [2.05, 4.69) is 0 Å². The number of nitrogen functional groups attached to an aromatic ring is 1. The number of hydrogen-bond acceptors (Lipinski definition) is 3. The number of ether oxygens (including phenoxy) is 2. The van der Waals surface area contributed by atoms with Gasteiger partial charge in [0.05, 0.1) is 28.4 Å². The summed E-state index contributed by atoms with van der Waals surface area (Å²) in [7, 11) is 0. The van der Waals surface area contributed by atoms with E-state index in [9.17, 15) is 0 Å². The van der Waals surface area contributed by atoms with Crippen molar-refractivity contribution in [3.05, 3.63) is 22.2 Å². The van der Waals surface area contributed by atoms with Gasteiger partial charge in [0.15, 0.2) is 0 Å². The highest BCUT2D eigenvalue weighted by Gasteiger charge is 2.14. The molecular formula is C13H17Cl2NO2. The summed E-state index contributed by atoms with van der Waals surface area (Å²) in [6.07, 6.45) is 4.71. The van der Waals surface area contributed by atoms with Gasteiger partial charge in [-0.1, -0.05) is 23.2 Å². The van der Waals surface area contributed by atoms with E-state index in [4.69, 9.17) is 38.4 Å². The summed E-state index contributed by atoms with van der Waals surface area (Å²) in [6.45, 7) is 1.51. The molecule has 1 aliphatic rings. The van der Waals surface area contributed by atoms with Gasteiger partial charge in [-0.3, -0.25) is 0 Å². The van der Waals surface area contributed by atoms with Crippen LogP contribution in [-0.4, -0.2) is 19.3 Å². The monoisotopic (exact) mass is 289 g/mol. The van der Waals surface area contributed by atoms with E-state index >= 15 is 0 Å². The Kier molecular flexibility index (Phi) is 4.98. The van der Waals surface area contributed by atoms with Crippen molar-refractivity contribution in [3.63, 3.8) is 0 Å². The van der Waals surface area contributed by atoms with Crippen molar-refractivity contribution in [2.75, 3.05) is 18.9 Å². The predicted molar refractivity (Wildman–Crippen MR) is 74.6 cm³/mol. The molecule has 5 heteroatoms. The summed E-state index contributed by atoms with van der Waals surface area (Å²) >= 11 is 11.8. The van der Waals surface area contributed by atoms with Gasteiger partial charge in [0.2, 0.25) is 0 Å². The molecule has 0 spiro atoms. The van der Waals surface area contributed by atoms with Gasteiger partial charge < -0.3 is 15.2 Å². The maximum Gasteiger partial charge on any atom is 0.143 e. The molecule has 0 amide bonds. The molecule has 1 aromatic rings. The van der Waals surface area contributed by atoms with E-state index in [1.54, 1.807) is 12.1 Å². The Balaban J connectivity index is 1.77.